The van der Waals surface area contributed by atoms with E-state index in [-0.39, 0.29) is 10.8 Å². The number of carbonyl (C=O) groups excluding carboxylic acids is 1. The summed E-state index contributed by atoms with van der Waals surface area (Å²) in [4.78, 5) is 25.7. The van der Waals surface area contributed by atoms with Crippen LogP contribution in [0.5, 0.6) is 0 Å². The van der Waals surface area contributed by atoms with Crippen LogP contribution in [0.3, 0.4) is 0 Å². The Balaban J connectivity index is 1.96. The third-order valence-corrected chi connectivity index (χ3v) is 4.71. The van der Waals surface area contributed by atoms with Gasteiger partial charge in [-0.1, -0.05) is 76.0 Å². The van der Waals surface area contributed by atoms with Crippen LogP contribution in [-0.2, 0) is 4.74 Å². The molecule has 1 N–H and O–H groups in total. The lowest BCUT2D eigenvalue weighted by atomic mass is 10.1. The molecule has 126 valence electrons. The van der Waals surface area contributed by atoms with Gasteiger partial charge in [0.1, 0.15) is 4.88 Å². The molecule has 0 spiro atoms. The first-order valence-electron chi connectivity index (χ1n) is 8.52. The van der Waals surface area contributed by atoms with Crippen LogP contribution in [0.15, 0.2) is 4.79 Å². The van der Waals surface area contributed by atoms with Crippen LogP contribution < -0.4 is 4.87 Å². The van der Waals surface area contributed by atoms with Gasteiger partial charge in [-0.3, -0.25) is 4.79 Å². The molecule has 0 saturated heterocycles. The summed E-state index contributed by atoms with van der Waals surface area (Å²) in [7, 11) is 0. The van der Waals surface area contributed by atoms with Crippen molar-refractivity contribution in [2.45, 2.75) is 78.1 Å². The Labute approximate surface area is 137 Å². The molecule has 0 bridgehead atoms. The van der Waals surface area contributed by atoms with E-state index in [1.165, 1.54) is 51.4 Å². The number of hydrogen-bond donors (Lipinski definition) is 1. The van der Waals surface area contributed by atoms with E-state index in [0.717, 1.165) is 24.2 Å². The molecule has 1 rings (SSSR count). The molecule has 0 saturated carbocycles. The Hall–Kier alpha value is -1.10. The van der Waals surface area contributed by atoms with E-state index in [0.29, 0.717) is 17.2 Å². The summed E-state index contributed by atoms with van der Waals surface area (Å²) >= 11 is 0.920. The Morgan fingerprint density at radius 1 is 1.00 bits per heavy atom. The van der Waals surface area contributed by atoms with Crippen molar-refractivity contribution in [3.05, 3.63) is 20.2 Å². The molecule has 22 heavy (non-hydrogen) atoms. The maximum atomic E-state index is 11.8. The van der Waals surface area contributed by atoms with Crippen molar-refractivity contribution in [2.75, 3.05) is 6.61 Å². The zero-order chi connectivity index (χ0) is 16.2. The summed E-state index contributed by atoms with van der Waals surface area (Å²) in [5.74, 6) is -0.378. The van der Waals surface area contributed by atoms with E-state index in [4.69, 9.17) is 4.74 Å². The lowest BCUT2D eigenvalue weighted by Crippen LogP contribution is -2.06. The SMILES string of the molecule is CCCCCCCCCCCCOC(=O)c1sc(=O)[nH]c1C. The number of unbranched alkanes of at least 4 members (excludes halogenated alkanes) is 9. The van der Waals surface area contributed by atoms with Crippen LogP contribution in [0.2, 0.25) is 0 Å². The van der Waals surface area contributed by atoms with Gasteiger partial charge in [-0.25, -0.2) is 4.79 Å². The summed E-state index contributed by atoms with van der Waals surface area (Å²) in [5, 5.41) is 0. The van der Waals surface area contributed by atoms with Crippen molar-refractivity contribution in [3.8, 4) is 0 Å². The van der Waals surface area contributed by atoms with Crippen LogP contribution in [0.4, 0.5) is 0 Å². The van der Waals surface area contributed by atoms with Crippen molar-refractivity contribution in [1.29, 1.82) is 0 Å². The molecule has 0 fully saturated rings. The summed E-state index contributed by atoms with van der Waals surface area (Å²) in [6, 6.07) is 0. The molecular weight excluding hydrogens is 298 g/mol. The Morgan fingerprint density at radius 2 is 1.55 bits per heavy atom. The molecule has 0 unspecified atom stereocenters. The van der Waals surface area contributed by atoms with E-state index >= 15 is 0 Å². The van der Waals surface area contributed by atoms with Gasteiger partial charge in [-0.15, -0.1) is 0 Å². The second kappa shape index (κ2) is 11.5. The number of H-pyrrole nitrogens is 1. The van der Waals surface area contributed by atoms with Gasteiger partial charge in [0.05, 0.1) is 6.61 Å². The lowest BCUT2D eigenvalue weighted by molar-refractivity contribution is 0.0502. The van der Waals surface area contributed by atoms with Crippen LogP contribution in [0, 0.1) is 6.92 Å². The predicted molar refractivity (Wildman–Crippen MR) is 91.8 cm³/mol. The number of nitrogens with one attached hydrogen (secondary N) is 1. The fraction of sp³-hybridized carbons (Fsp3) is 0.765. The topological polar surface area (TPSA) is 59.2 Å². The molecule has 1 aromatic rings. The van der Waals surface area contributed by atoms with E-state index in [1.807, 2.05) is 0 Å². The molecule has 0 aromatic carbocycles. The second-order valence-electron chi connectivity index (χ2n) is 5.79. The molecule has 0 radical (unpaired) electrons. The zero-order valence-electron chi connectivity index (χ0n) is 13.9. The number of carbonyl (C=O) groups is 1. The highest BCUT2D eigenvalue weighted by molar-refractivity contribution is 7.11. The molecular formula is C17H29NO3S. The standard InChI is InChI=1S/C17H29NO3S/c1-3-4-5-6-7-8-9-10-11-12-13-21-16(19)15-14(2)18-17(20)22-15/h3-13H2,1-2H3,(H,18,20). The molecule has 0 atom stereocenters. The molecule has 0 aliphatic rings. The smallest absolute Gasteiger partial charge is 0.350 e. The first kappa shape index (κ1) is 18.9. The molecule has 5 heteroatoms. The monoisotopic (exact) mass is 327 g/mol. The van der Waals surface area contributed by atoms with Crippen LogP contribution in [0.1, 0.15) is 86.5 Å². The average molecular weight is 327 g/mol. The molecule has 4 nitrogen and oxygen atoms in total. The average Bonchev–Trinajstić information content (AvgIpc) is 2.83. The highest BCUT2D eigenvalue weighted by atomic mass is 32.1. The quantitative estimate of drug-likeness (QED) is 0.442. The van der Waals surface area contributed by atoms with Gasteiger partial charge >= 0.3 is 10.8 Å². The maximum Gasteiger partial charge on any atom is 0.350 e. The number of ether oxygens (including phenoxy) is 1. The summed E-state index contributed by atoms with van der Waals surface area (Å²) < 4.78 is 5.21. The highest BCUT2D eigenvalue weighted by Crippen LogP contribution is 2.12. The van der Waals surface area contributed by atoms with Crippen molar-refractivity contribution >= 4 is 17.3 Å². The lowest BCUT2D eigenvalue weighted by Gasteiger charge is -2.04. The Bertz CT molecular complexity index is 478. The fourth-order valence-electron chi connectivity index (χ4n) is 2.42. The third kappa shape index (κ3) is 7.78. The molecule has 1 heterocycles. The van der Waals surface area contributed by atoms with Crippen molar-refractivity contribution < 1.29 is 9.53 Å². The van der Waals surface area contributed by atoms with Crippen molar-refractivity contribution in [3.63, 3.8) is 0 Å². The first-order valence-corrected chi connectivity index (χ1v) is 9.33. The minimum Gasteiger partial charge on any atom is -0.461 e. The van der Waals surface area contributed by atoms with E-state index in [1.54, 1.807) is 6.92 Å². The number of aromatic amines is 1. The van der Waals surface area contributed by atoms with Gasteiger partial charge in [-0.05, 0) is 13.3 Å². The normalized spacial score (nSPS) is 10.8. The van der Waals surface area contributed by atoms with Gasteiger partial charge < -0.3 is 9.72 Å². The fourth-order valence-corrected chi connectivity index (χ4v) is 3.16. The van der Waals surface area contributed by atoms with Gasteiger partial charge in [0.2, 0.25) is 0 Å². The minimum atomic E-state index is -0.378. The van der Waals surface area contributed by atoms with Crippen LogP contribution >= 0.6 is 11.3 Å². The summed E-state index contributed by atoms with van der Waals surface area (Å²) in [6.07, 6.45) is 12.6. The highest BCUT2D eigenvalue weighted by Gasteiger charge is 2.14. The molecule has 0 amide bonds. The van der Waals surface area contributed by atoms with E-state index in [2.05, 4.69) is 11.9 Å². The molecule has 0 aliphatic carbocycles. The van der Waals surface area contributed by atoms with Gasteiger partial charge in [0.15, 0.2) is 0 Å². The van der Waals surface area contributed by atoms with Gasteiger partial charge in [0, 0.05) is 5.69 Å². The van der Waals surface area contributed by atoms with Gasteiger partial charge in [-0.2, -0.15) is 0 Å². The van der Waals surface area contributed by atoms with Gasteiger partial charge in [0.25, 0.3) is 0 Å². The largest absolute Gasteiger partial charge is 0.461 e. The van der Waals surface area contributed by atoms with Crippen molar-refractivity contribution in [2.24, 2.45) is 0 Å². The Morgan fingerprint density at radius 3 is 2.05 bits per heavy atom. The number of aryl methyl sites for hydroxylation is 1. The molecule has 1 aromatic heterocycles. The third-order valence-electron chi connectivity index (χ3n) is 3.74. The van der Waals surface area contributed by atoms with Crippen LogP contribution in [-0.4, -0.2) is 17.6 Å². The summed E-state index contributed by atoms with van der Waals surface area (Å²) in [6.45, 7) is 4.40. The number of thiazole rings is 1. The second-order valence-corrected chi connectivity index (χ2v) is 6.77. The number of rotatable bonds is 12. The minimum absolute atomic E-state index is 0.205. The van der Waals surface area contributed by atoms with Crippen molar-refractivity contribution in [1.82, 2.24) is 4.98 Å². The summed E-state index contributed by atoms with van der Waals surface area (Å²) in [5.41, 5.74) is 0.600. The zero-order valence-corrected chi connectivity index (χ0v) is 14.7. The number of aromatic nitrogens is 1. The molecule has 0 aliphatic heterocycles. The Kier molecular flexibility index (Phi) is 9.87. The van der Waals surface area contributed by atoms with E-state index < -0.39 is 0 Å². The number of esters is 1. The first-order chi connectivity index (χ1) is 10.6. The number of hydrogen-bond acceptors (Lipinski definition) is 4. The van der Waals surface area contributed by atoms with E-state index in [9.17, 15) is 9.59 Å². The predicted octanol–water partition coefficient (Wildman–Crippen LogP) is 4.82. The van der Waals surface area contributed by atoms with Crippen LogP contribution in [0.25, 0.3) is 0 Å². The maximum absolute atomic E-state index is 11.8.